The average molecular weight is 352 g/mol. The van der Waals surface area contributed by atoms with Crippen molar-refractivity contribution in [1.82, 2.24) is 0 Å². The molecular formula is C23H16N2O2. The molecule has 4 rings (SSSR count). The fourth-order valence-electron chi connectivity index (χ4n) is 3.14. The first-order valence-electron chi connectivity index (χ1n) is 8.60. The standard InChI is InChI=1S/C23H16N2O2/c26-25(27)22-16-8-13-19-20(22)14-7-15-21(19)24-23(17-9-3-1-4-10-17)18-11-5-2-6-12-18/h1-16H. The van der Waals surface area contributed by atoms with Crippen LogP contribution in [0.5, 0.6) is 0 Å². The van der Waals surface area contributed by atoms with E-state index in [9.17, 15) is 10.1 Å². The van der Waals surface area contributed by atoms with Crippen molar-refractivity contribution in [2.75, 3.05) is 0 Å². The van der Waals surface area contributed by atoms with Crippen LogP contribution >= 0.6 is 0 Å². The lowest BCUT2D eigenvalue weighted by Gasteiger charge is -2.09. The highest BCUT2D eigenvalue weighted by Crippen LogP contribution is 2.33. The summed E-state index contributed by atoms with van der Waals surface area (Å²) in [6.07, 6.45) is 0. The second-order valence-electron chi connectivity index (χ2n) is 6.10. The van der Waals surface area contributed by atoms with Crippen molar-refractivity contribution in [3.05, 3.63) is 118 Å². The molecule has 0 amide bonds. The van der Waals surface area contributed by atoms with Gasteiger partial charge >= 0.3 is 0 Å². The van der Waals surface area contributed by atoms with Gasteiger partial charge in [0, 0.05) is 22.6 Å². The zero-order valence-electron chi connectivity index (χ0n) is 14.4. The molecule has 0 aliphatic rings. The molecule has 0 aliphatic carbocycles. The molecule has 4 aromatic rings. The number of benzene rings is 4. The van der Waals surface area contributed by atoms with Crippen molar-refractivity contribution in [3.63, 3.8) is 0 Å². The van der Waals surface area contributed by atoms with E-state index in [1.165, 1.54) is 6.07 Å². The van der Waals surface area contributed by atoms with Gasteiger partial charge in [-0.3, -0.25) is 10.1 Å². The monoisotopic (exact) mass is 352 g/mol. The third-order valence-corrected chi connectivity index (χ3v) is 4.40. The van der Waals surface area contributed by atoms with Crippen molar-refractivity contribution in [1.29, 1.82) is 0 Å². The van der Waals surface area contributed by atoms with Crippen molar-refractivity contribution in [3.8, 4) is 0 Å². The van der Waals surface area contributed by atoms with Crippen molar-refractivity contribution in [2.45, 2.75) is 0 Å². The molecule has 0 bridgehead atoms. The first-order chi connectivity index (χ1) is 13.2. The highest BCUT2D eigenvalue weighted by atomic mass is 16.6. The van der Waals surface area contributed by atoms with Gasteiger partial charge in [0.05, 0.1) is 21.7 Å². The molecule has 0 aromatic heterocycles. The molecule has 0 saturated heterocycles. The van der Waals surface area contributed by atoms with Crippen LogP contribution in [0.15, 0.2) is 102 Å². The Bertz CT molecular complexity index is 1100. The van der Waals surface area contributed by atoms with Crippen molar-refractivity contribution in [2.24, 2.45) is 4.99 Å². The lowest BCUT2D eigenvalue weighted by atomic mass is 10.0. The van der Waals surface area contributed by atoms with E-state index in [2.05, 4.69) is 0 Å². The second kappa shape index (κ2) is 7.22. The highest BCUT2D eigenvalue weighted by molar-refractivity contribution is 6.15. The van der Waals surface area contributed by atoms with E-state index in [1.807, 2.05) is 78.9 Å². The number of hydrogen-bond acceptors (Lipinski definition) is 3. The lowest BCUT2D eigenvalue weighted by molar-refractivity contribution is -0.383. The Balaban J connectivity index is 1.97. The Hall–Kier alpha value is -3.79. The molecule has 27 heavy (non-hydrogen) atoms. The summed E-state index contributed by atoms with van der Waals surface area (Å²) in [7, 11) is 0. The largest absolute Gasteiger partial charge is 0.277 e. The number of nitro benzene ring substituents is 1. The summed E-state index contributed by atoms with van der Waals surface area (Å²) in [5.74, 6) is 0. The van der Waals surface area contributed by atoms with Gasteiger partial charge in [-0.2, -0.15) is 0 Å². The molecule has 0 saturated carbocycles. The zero-order valence-corrected chi connectivity index (χ0v) is 14.4. The molecule has 0 fully saturated rings. The van der Waals surface area contributed by atoms with E-state index in [4.69, 9.17) is 4.99 Å². The van der Waals surface area contributed by atoms with Gasteiger partial charge in [0.15, 0.2) is 0 Å². The van der Waals surface area contributed by atoms with Crippen molar-refractivity contribution >= 4 is 27.9 Å². The van der Waals surface area contributed by atoms with Crippen LogP contribution in [0.4, 0.5) is 11.4 Å². The van der Waals surface area contributed by atoms with Crippen LogP contribution in [0.25, 0.3) is 10.8 Å². The third kappa shape index (κ3) is 3.33. The molecule has 130 valence electrons. The normalized spacial score (nSPS) is 10.5. The van der Waals surface area contributed by atoms with Crippen molar-refractivity contribution < 1.29 is 4.92 Å². The van der Waals surface area contributed by atoms with Crippen LogP contribution in [-0.2, 0) is 0 Å². The first-order valence-corrected chi connectivity index (χ1v) is 8.60. The third-order valence-electron chi connectivity index (χ3n) is 4.40. The molecule has 4 nitrogen and oxygen atoms in total. The summed E-state index contributed by atoms with van der Waals surface area (Å²) in [4.78, 5) is 15.9. The Morgan fingerprint density at radius 2 is 1.22 bits per heavy atom. The average Bonchev–Trinajstić information content (AvgIpc) is 2.72. The van der Waals surface area contributed by atoms with E-state index in [-0.39, 0.29) is 10.6 Å². The maximum atomic E-state index is 11.4. The smallest absolute Gasteiger partial charge is 0.258 e. The van der Waals surface area contributed by atoms with Gasteiger partial charge in [-0.25, -0.2) is 4.99 Å². The minimum absolute atomic E-state index is 0.0884. The SMILES string of the molecule is O=[N+]([O-])c1cccc2c(N=C(c3ccccc3)c3ccccc3)cccc12. The quantitative estimate of drug-likeness (QED) is 0.260. The van der Waals surface area contributed by atoms with Gasteiger partial charge in [0.2, 0.25) is 0 Å². The van der Waals surface area contributed by atoms with Gasteiger partial charge in [0.1, 0.15) is 0 Å². The topological polar surface area (TPSA) is 55.5 Å². The molecular weight excluding hydrogens is 336 g/mol. The summed E-state index contributed by atoms with van der Waals surface area (Å²) in [6, 6.07) is 30.4. The van der Waals surface area contributed by atoms with Crippen LogP contribution in [0.2, 0.25) is 0 Å². The maximum absolute atomic E-state index is 11.4. The molecule has 0 unspecified atom stereocenters. The van der Waals surface area contributed by atoms with E-state index >= 15 is 0 Å². The first kappa shape index (κ1) is 16.7. The zero-order chi connectivity index (χ0) is 18.6. The molecule has 0 N–H and O–H groups in total. The number of hydrogen-bond donors (Lipinski definition) is 0. The van der Waals surface area contributed by atoms with Crippen LogP contribution in [0.1, 0.15) is 11.1 Å². The Morgan fingerprint density at radius 3 is 1.81 bits per heavy atom. The number of fused-ring (bicyclic) bond motifs is 1. The Labute approximate surface area is 156 Å². The minimum atomic E-state index is -0.356. The Morgan fingerprint density at radius 1 is 0.667 bits per heavy atom. The van der Waals surface area contributed by atoms with Crippen LogP contribution in [0, 0.1) is 10.1 Å². The van der Waals surface area contributed by atoms with Gasteiger partial charge in [-0.15, -0.1) is 0 Å². The van der Waals surface area contributed by atoms with Gasteiger partial charge < -0.3 is 0 Å². The predicted octanol–water partition coefficient (Wildman–Crippen LogP) is 5.92. The number of nitrogens with zero attached hydrogens (tertiary/aromatic N) is 2. The molecule has 4 heteroatoms. The van der Waals surface area contributed by atoms with E-state index < -0.39 is 0 Å². The lowest BCUT2D eigenvalue weighted by Crippen LogP contribution is -2.02. The number of rotatable bonds is 4. The van der Waals surface area contributed by atoms with Crippen LogP contribution in [0.3, 0.4) is 0 Å². The minimum Gasteiger partial charge on any atom is -0.258 e. The molecule has 0 aliphatic heterocycles. The second-order valence-corrected chi connectivity index (χ2v) is 6.10. The molecule has 0 radical (unpaired) electrons. The summed E-state index contributed by atoms with van der Waals surface area (Å²) in [5, 5.41) is 12.7. The van der Waals surface area contributed by atoms with Crippen LogP contribution < -0.4 is 0 Å². The summed E-state index contributed by atoms with van der Waals surface area (Å²) in [5.41, 5.74) is 3.61. The van der Waals surface area contributed by atoms with Gasteiger partial charge in [-0.1, -0.05) is 78.9 Å². The number of aliphatic imine (C=N–C) groups is 1. The van der Waals surface area contributed by atoms with Gasteiger partial charge in [0.25, 0.3) is 5.69 Å². The summed E-state index contributed by atoms with van der Waals surface area (Å²) in [6.45, 7) is 0. The van der Waals surface area contributed by atoms with Gasteiger partial charge in [-0.05, 0) is 12.1 Å². The number of nitro groups is 1. The molecule has 0 heterocycles. The van der Waals surface area contributed by atoms with E-state index in [0.717, 1.165) is 22.2 Å². The summed E-state index contributed by atoms with van der Waals surface area (Å²) < 4.78 is 0. The summed E-state index contributed by atoms with van der Waals surface area (Å²) >= 11 is 0. The fraction of sp³-hybridized carbons (Fsp3) is 0. The number of non-ortho nitro benzene ring substituents is 1. The predicted molar refractivity (Wildman–Crippen MR) is 109 cm³/mol. The highest BCUT2D eigenvalue weighted by Gasteiger charge is 2.14. The fourth-order valence-corrected chi connectivity index (χ4v) is 3.14. The molecule has 0 atom stereocenters. The molecule has 0 spiro atoms. The molecule has 4 aromatic carbocycles. The Kier molecular flexibility index (Phi) is 4.45. The van der Waals surface area contributed by atoms with Crippen LogP contribution in [-0.4, -0.2) is 10.6 Å². The van der Waals surface area contributed by atoms with E-state index in [0.29, 0.717) is 11.1 Å². The van der Waals surface area contributed by atoms with E-state index in [1.54, 1.807) is 12.1 Å². The maximum Gasteiger partial charge on any atom is 0.277 e.